The van der Waals surface area contributed by atoms with Crippen molar-refractivity contribution in [2.75, 3.05) is 14.2 Å². The van der Waals surface area contributed by atoms with E-state index in [1.165, 1.54) is 14.2 Å². The Kier molecular flexibility index (Phi) is 11.8. The highest BCUT2D eigenvalue weighted by Gasteiger charge is 2.53. The van der Waals surface area contributed by atoms with Gasteiger partial charge in [-0.1, -0.05) is 24.8 Å². The maximum Gasteiger partial charge on any atom is 0.334 e. The van der Waals surface area contributed by atoms with Crippen molar-refractivity contribution < 1.29 is 53.6 Å². The lowest BCUT2D eigenvalue weighted by Crippen LogP contribution is -2.42. The molecule has 0 saturated heterocycles. The number of allylic oxidation sites excluding steroid dienone is 6. The van der Waals surface area contributed by atoms with E-state index >= 15 is 0 Å². The van der Waals surface area contributed by atoms with Crippen LogP contribution in [-0.4, -0.2) is 91.3 Å². The number of nitrogens with zero attached hydrogens (tertiary/aromatic N) is 2. The summed E-state index contributed by atoms with van der Waals surface area (Å²) >= 11 is 0. The number of hydrogen-bond acceptors (Lipinski definition) is 10. The molecule has 312 valence electrons. The van der Waals surface area contributed by atoms with Crippen molar-refractivity contribution in [3.63, 3.8) is 0 Å². The zero-order chi connectivity index (χ0) is 43.8. The van der Waals surface area contributed by atoms with Crippen LogP contribution >= 0.6 is 0 Å². The number of nitrogens with one attached hydrogen (secondary N) is 3. The molecule has 3 aromatic rings. The summed E-state index contributed by atoms with van der Waals surface area (Å²) < 4.78 is 10.4. The number of carboxylic acids is 3. The van der Waals surface area contributed by atoms with Crippen LogP contribution in [0.25, 0.3) is 38.8 Å². The number of aliphatic carboxylic acids is 3. The van der Waals surface area contributed by atoms with Gasteiger partial charge in [0, 0.05) is 40.5 Å². The Balaban J connectivity index is 1.67. The van der Waals surface area contributed by atoms with Crippen LogP contribution in [0, 0.1) is 19.8 Å². The van der Waals surface area contributed by atoms with Crippen molar-refractivity contribution in [2.24, 2.45) is 5.92 Å². The first-order chi connectivity index (χ1) is 28.4. The Bertz CT molecular complexity index is 2660. The van der Waals surface area contributed by atoms with Crippen molar-refractivity contribution in [3.8, 4) is 0 Å². The van der Waals surface area contributed by atoms with Crippen molar-refractivity contribution in [1.82, 2.24) is 25.3 Å². The third-order valence-corrected chi connectivity index (χ3v) is 11.5. The fourth-order valence-electron chi connectivity index (χ4n) is 8.24. The lowest BCUT2D eigenvalue weighted by Gasteiger charge is -2.36. The van der Waals surface area contributed by atoms with Gasteiger partial charge in [-0.05, 0) is 98.2 Å². The van der Waals surface area contributed by atoms with Gasteiger partial charge < -0.3 is 40.1 Å². The molecule has 3 aliphatic rings. The van der Waals surface area contributed by atoms with E-state index in [2.05, 4.69) is 21.9 Å². The van der Waals surface area contributed by atoms with E-state index in [1.54, 1.807) is 24.3 Å². The van der Waals surface area contributed by atoms with Crippen molar-refractivity contribution in [3.05, 3.63) is 99.7 Å². The highest BCUT2D eigenvalue weighted by atomic mass is 16.5. The molecule has 0 spiro atoms. The monoisotopic (exact) mass is 819 g/mol. The summed E-state index contributed by atoms with van der Waals surface area (Å²) in [5.41, 5.74) is 8.16. The highest BCUT2D eigenvalue weighted by molar-refractivity contribution is 6.02. The van der Waals surface area contributed by atoms with Gasteiger partial charge in [0.25, 0.3) is 0 Å². The molecule has 8 bridgehead atoms. The highest BCUT2D eigenvalue weighted by Crippen LogP contribution is 2.52. The van der Waals surface area contributed by atoms with Crippen LogP contribution in [0.1, 0.15) is 78.1 Å². The summed E-state index contributed by atoms with van der Waals surface area (Å²) in [5.74, 6) is -7.08. The Morgan fingerprint density at radius 2 is 1.45 bits per heavy atom. The van der Waals surface area contributed by atoms with Gasteiger partial charge in [0.15, 0.2) is 0 Å². The molecular formula is C44H45N5O11. The minimum atomic E-state index is -1.62. The van der Waals surface area contributed by atoms with Crippen LogP contribution in [-0.2, 0) is 56.5 Å². The van der Waals surface area contributed by atoms with Gasteiger partial charge in [-0.25, -0.2) is 14.6 Å². The molecule has 1 unspecified atom stereocenters. The summed E-state index contributed by atoms with van der Waals surface area (Å²) in [5, 5.41) is 30.7. The molecule has 0 aromatic carbocycles. The zero-order valence-corrected chi connectivity index (χ0v) is 33.9. The molecule has 16 nitrogen and oxygen atoms in total. The number of carbonyl (C=O) groups is 6. The largest absolute Gasteiger partial charge is 0.481 e. The van der Waals surface area contributed by atoms with E-state index in [0.29, 0.717) is 67.1 Å². The van der Waals surface area contributed by atoms with Crippen LogP contribution in [0.4, 0.5) is 0 Å². The first-order valence-electron chi connectivity index (χ1n) is 19.1. The quantitative estimate of drug-likeness (QED) is 0.120. The minimum absolute atomic E-state index is 0.0796. The number of rotatable bonds is 13. The molecule has 0 radical (unpaired) electrons. The van der Waals surface area contributed by atoms with E-state index in [-0.39, 0.29) is 31.3 Å². The van der Waals surface area contributed by atoms with Gasteiger partial charge in [0.1, 0.15) is 12.0 Å². The standard InChI is InChI=1S/C44H45N5O11/c1-8-23-20(2)29-16-34-27-12-9-26(42(57)59-6)40(43(58)60-7)44(27,5)36(48-34)18-30-22(4)25(11-14-38(51)52)33(47-30)17-32-24(21(3)28(46-32)15-31(23)45-29)10-13-37(50)49-35(41(55)56)19-39(53)54/h8-9,12,15-18,35,40,46-47H,1,10-11,13-14,19H2,2-7H3,(H,49,50)(H,51,52)(H,53,54)(H,55,56)/t35?,40-,44+/m0/s1. The van der Waals surface area contributed by atoms with Gasteiger partial charge in [-0.2, -0.15) is 0 Å². The lowest BCUT2D eigenvalue weighted by molar-refractivity contribution is -0.149. The summed E-state index contributed by atoms with van der Waals surface area (Å²) in [7, 11) is 2.47. The molecule has 0 fully saturated rings. The second-order valence-corrected chi connectivity index (χ2v) is 15.0. The number of hydrogen-bond donors (Lipinski definition) is 6. The Morgan fingerprint density at radius 3 is 2.02 bits per heavy atom. The molecule has 5 heterocycles. The zero-order valence-electron chi connectivity index (χ0n) is 33.9. The van der Waals surface area contributed by atoms with E-state index < -0.39 is 59.5 Å². The minimum Gasteiger partial charge on any atom is -0.481 e. The number of amides is 1. The normalized spacial score (nSPS) is 17.5. The molecule has 3 aromatic heterocycles. The second-order valence-electron chi connectivity index (χ2n) is 15.0. The van der Waals surface area contributed by atoms with Crippen LogP contribution < -0.4 is 5.32 Å². The van der Waals surface area contributed by atoms with E-state index in [0.717, 1.165) is 16.7 Å². The summed E-state index contributed by atoms with van der Waals surface area (Å²) in [6.07, 6.45) is 4.06. The van der Waals surface area contributed by atoms with Crippen molar-refractivity contribution >= 4 is 74.5 Å². The average Bonchev–Trinajstić information content (AvgIpc) is 3.85. The molecule has 1 amide bonds. The Morgan fingerprint density at radius 1 is 0.817 bits per heavy atom. The Labute approximate surface area is 343 Å². The van der Waals surface area contributed by atoms with E-state index in [1.807, 2.05) is 45.9 Å². The number of aromatic nitrogens is 4. The lowest BCUT2D eigenvalue weighted by atomic mass is 9.64. The predicted octanol–water partition coefficient (Wildman–Crippen LogP) is 5.29. The number of aromatic amines is 2. The number of fused-ring (bicyclic) bond motifs is 11. The fraction of sp³-hybridized carbons (Fsp3) is 0.318. The number of ether oxygens (including phenoxy) is 2. The van der Waals surface area contributed by atoms with Gasteiger partial charge >= 0.3 is 29.8 Å². The number of aryl methyl sites for hydroxylation is 4. The number of esters is 2. The first kappa shape index (κ1) is 42.5. The fourth-order valence-corrected chi connectivity index (χ4v) is 8.24. The van der Waals surface area contributed by atoms with Gasteiger partial charge in [0.2, 0.25) is 5.91 Å². The summed E-state index contributed by atoms with van der Waals surface area (Å²) in [6, 6.07) is 5.63. The molecule has 1 aliphatic carbocycles. The van der Waals surface area contributed by atoms with Crippen LogP contribution in [0.5, 0.6) is 0 Å². The number of methoxy groups -OCH3 is 2. The molecule has 3 atom stereocenters. The maximum absolute atomic E-state index is 13.7. The maximum atomic E-state index is 13.7. The molecule has 16 heteroatoms. The molecular weight excluding hydrogens is 775 g/mol. The number of carboxylic acid groups (broad SMARTS) is 3. The van der Waals surface area contributed by atoms with Crippen molar-refractivity contribution in [2.45, 2.75) is 71.3 Å². The molecule has 2 aliphatic heterocycles. The predicted molar refractivity (Wildman–Crippen MR) is 220 cm³/mol. The van der Waals surface area contributed by atoms with Crippen LogP contribution in [0.3, 0.4) is 0 Å². The number of H-pyrrole nitrogens is 2. The topological polar surface area (TPSA) is 251 Å². The molecule has 0 saturated carbocycles. The van der Waals surface area contributed by atoms with Crippen LogP contribution in [0.15, 0.2) is 54.6 Å². The molecule has 6 rings (SSSR count). The van der Waals surface area contributed by atoms with Gasteiger partial charge in [0.05, 0.1) is 54.4 Å². The Hall–Kier alpha value is -7.10. The smallest absolute Gasteiger partial charge is 0.334 e. The average molecular weight is 820 g/mol. The number of carbonyl (C=O) groups excluding carboxylic acids is 3. The van der Waals surface area contributed by atoms with Gasteiger partial charge in [-0.15, -0.1) is 0 Å². The summed E-state index contributed by atoms with van der Waals surface area (Å²) in [4.78, 5) is 91.8. The van der Waals surface area contributed by atoms with Crippen molar-refractivity contribution in [1.29, 1.82) is 0 Å². The van der Waals surface area contributed by atoms with Crippen LogP contribution in [0.2, 0.25) is 0 Å². The summed E-state index contributed by atoms with van der Waals surface area (Å²) in [6.45, 7) is 11.4. The van der Waals surface area contributed by atoms with Gasteiger partial charge in [-0.3, -0.25) is 24.2 Å². The van der Waals surface area contributed by atoms with E-state index in [4.69, 9.17) is 24.5 Å². The third kappa shape index (κ3) is 7.75. The SMILES string of the molecule is C=CC1=C(C)c2cc3nc(cc4[nH]c(cc5[nH]c(cc1n2)c(C)c5CCC(=O)NC(CC(=O)O)C(=O)O)c(CCC(=O)O)c4C)[C@@]1(C)C3=CC=C(C(=O)OC)[C@H]1C(=O)OC. The van der Waals surface area contributed by atoms with E-state index in [9.17, 15) is 39.0 Å². The first-order valence-corrected chi connectivity index (χ1v) is 19.1. The third-order valence-electron chi connectivity index (χ3n) is 11.5. The molecule has 60 heavy (non-hydrogen) atoms. The molecule has 6 N–H and O–H groups in total. The second kappa shape index (κ2) is 16.6.